The molecule has 0 aromatic rings. The Labute approximate surface area is 74.1 Å². The van der Waals surface area contributed by atoms with Gasteiger partial charge in [0.25, 0.3) is 0 Å². The van der Waals surface area contributed by atoms with E-state index in [0.717, 1.165) is 6.54 Å². The van der Waals surface area contributed by atoms with Crippen LogP contribution < -0.4 is 5.32 Å². The highest BCUT2D eigenvalue weighted by Crippen LogP contribution is 2.12. The van der Waals surface area contributed by atoms with E-state index in [-0.39, 0.29) is 17.6 Å². The molecule has 2 N–H and O–H groups in total. The molecule has 0 bridgehead atoms. The van der Waals surface area contributed by atoms with Crippen LogP contribution in [0.2, 0.25) is 0 Å². The highest BCUT2D eigenvalue weighted by atomic mass is 16.5. The Hall–Kier alpha value is -0.120. The van der Waals surface area contributed by atoms with Crippen molar-refractivity contribution in [2.24, 2.45) is 5.41 Å². The molecule has 1 saturated heterocycles. The minimum Gasteiger partial charge on any atom is -0.389 e. The van der Waals surface area contributed by atoms with Gasteiger partial charge in [0, 0.05) is 6.54 Å². The molecule has 12 heavy (non-hydrogen) atoms. The summed E-state index contributed by atoms with van der Waals surface area (Å²) in [6.45, 7) is 8.53. The van der Waals surface area contributed by atoms with Crippen LogP contribution in [-0.2, 0) is 4.74 Å². The first-order valence-electron chi connectivity index (χ1n) is 4.48. The molecular weight excluding hydrogens is 154 g/mol. The summed E-state index contributed by atoms with van der Waals surface area (Å²) in [5.41, 5.74) is 0.266. The van der Waals surface area contributed by atoms with Crippen LogP contribution in [0.25, 0.3) is 0 Å². The van der Waals surface area contributed by atoms with Crippen molar-refractivity contribution in [3.8, 4) is 0 Å². The number of ether oxygens (including phenoxy) is 1. The number of hydrogen-bond acceptors (Lipinski definition) is 3. The first-order valence-corrected chi connectivity index (χ1v) is 4.48. The Morgan fingerprint density at radius 3 is 2.50 bits per heavy atom. The SMILES string of the molecule is CC(C)(C)CN[C@@H]1COC[C@@H]1O. The smallest absolute Gasteiger partial charge is 0.0948 e. The lowest BCUT2D eigenvalue weighted by Crippen LogP contribution is -2.42. The van der Waals surface area contributed by atoms with E-state index in [1.54, 1.807) is 0 Å². The molecule has 1 fully saturated rings. The minimum absolute atomic E-state index is 0.129. The first kappa shape index (κ1) is 9.96. The van der Waals surface area contributed by atoms with E-state index >= 15 is 0 Å². The molecule has 0 spiro atoms. The van der Waals surface area contributed by atoms with Crippen molar-refractivity contribution < 1.29 is 9.84 Å². The lowest BCUT2D eigenvalue weighted by atomic mass is 9.96. The van der Waals surface area contributed by atoms with E-state index in [4.69, 9.17) is 4.74 Å². The van der Waals surface area contributed by atoms with Gasteiger partial charge in [-0.25, -0.2) is 0 Å². The van der Waals surface area contributed by atoms with E-state index in [9.17, 15) is 5.11 Å². The summed E-state index contributed by atoms with van der Waals surface area (Å²) in [6.07, 6.45) is -0.327. The van der Waals surface area contributed by atoms with Gasteiger partial charge in [-0.05, 0) is 5.41 Å². The molecule has 3 nitrogen and oxygen atoms in total. The molecule has 72 valence electrons. The molecule has 1 heterocycles. The third kappa shape index (κ3) is 3.09. The summed E-state index contributed by atoms with van der Waals surface area (Å²) in [4.78, 5) is 0. The topological polar surface area (TPSA) is 41.5 Å². The predicted octanol–water partition coefficient (Wildman–Crippen LogP) is 0.382. The van der Waals surface area contributed by atoms with Gasteiger partial charge in [-0.2, -0.15) is 0 Å². The van der Waals surface area contributed by atoms with Crippen molar-refractivity contribution in [2.75, 3.05) is 19.8 Å². The fraction of sp³-hybridized carbons (Fsp3) is 1.00. The number of rotatable bonds is 2. The van der Waals surface area contributed by atoms with E-state index in [1.165, 1.54) is 0 Å². The minimum atomic E-state index is -0.327. The summed E-state index contributed by atoms with van der Waals surface area (Å²) in [7, 11) is 0. The van der Waals surface area contributed by atoms with Crippen LogP contribution in [0.1, 0.15) is 20.8 Å². The van der Waals surface area contributed by atoms with Crippen molar-refractivity contribution in [3.63, 3.8) is 0 Å². The Morgan fingerprint density at radius 1 is 1.42 bits per heavy atom. The quantitative estimate of drug-likeness (QED) is 0.634. The standard InChI is InChI=1S/C9H19NO2/c1-9(2,3)6-10-7-4-12-5-8(7)11/h7-8,10-11H,4-6H2,1-3H3/t7-,8+/m1/s1. The molecule has 0 aromatic carbocycles. The number of nitrogens with one attached hydrogen (secondary N) is 1. The van der Waals surface area contributed by atoms with Gasteiger partial charge in [-0.3, -0.25) is 0 Å². The van der Waals surface area contributed by atoms with Crippen LogP contribution in [0.3, 0.4) is 0 Å². The predicted molar refractivity (Wildman–Crippen MR) is 48.1 cm³/mol. The van der Waals surface area contributed by atoms with Crippen LogP contribution in [0.5, 0.6) is 0 Å². The third-order valence-corrected chi connectivity index (χ3v) is 1.95. The van der Waals surface area contributed by atoms with Crippen molar-refractivity contribution in [1.29, 1.82) is 0 Å². The van der Waals surface area contributed by atoms with Crippen molar-refractivity contribution in [2.45, 2.75) is 32.9 Å². The highest BCUT2D eigenvalue weighted by molar-refractivity contribution is 4.82. The second kappa shape index (κ2) is 3.73. The molecule has 0 aromatic heterocycles. The Bertz CT molecular complexity index is 142. The maximum atomic E-state index is 9.40. The van der Waals surface area contributed by atoms with Crippen LogP contribution in [0.4, 0.5) is 0 Å². The van der Waals surface area contributed by atoms with Gasteiger partial charge in [0.05, 0.1) is 25.4 Å². The third-order valence-electron chi connectivity index (χ3n) is 1.95. The van der Waals surface area contributed by atoms with Crippen molar-refractivity contribution in [1.82, 2.24) is 5.32 Å². The average molecular weight is 173 g/mol. The van der Waals surface area contributed by atoms with Crippen LogP contribution in [0.15, 0.2) is 0 Å². The van der Waals surface area contributed by atoms with E-state index < -0.39 is 0 Å². The molecule has 1 aliphatic heterocycles. The fourth-order valence-electron chi connectivity index (χ4n) is 1.18. The lowest BCUT2D eigenvalue weighted by Gasteiger charge is -2.22. The van der Waals surface area contributed by atoms with Gasteiger partial charge >= 0.3 is 0 Å². The van der Waals surface area contributed by atoms with Gasteiger partial charge in [0.15, 0.2) is 0 Å². The summed E-state index contributed by atoms with van der Waals surface area (Å²) >= 11 is 0. The maximum Gasteiger partial charge on any atom is 0.0948 e. The summed E-state index contributed by atoms with van der Waals surface area (Å²) in [5, 5.41) is 12.7. The highest BCUT2D eigenvalue weighted by Gasteiger charge is 2.26. The Morgan fingerprint density at radius 2 is 2.08 bits per heavy atom. The van der Waals surface area contributed by atoms with Gasteiger partial charge in [-0.15, -0.1) is 0 Å². The van der Waals surface area contributed by atoms with E-state index in [2.05, 4.69) is 26.1 Å². The van der Waals surface area contributed by atoms with E-state index in [0.29, 0.717) is 13.2 Å². The molecule has 0 unspecified atom stereocenters. The van der Waals surface area contributed by atoms with Gasteiger partial charge in [-0.1, -0.05) is 20.8 Å². The molecule has 2 atom stereocenters. The maximum absolute atomic E-state index is 9.40. The molecule has 0 radical (unpaired) electrons. The molecule has 3 heteroatoms. The summed E-state index contributed by atoms with van der Waals surface area (Å²) in [6, 6.07) is 0.129. The summed E-state index contributed by atoms with van der Waals surface area (Å²) < 4.78 is 5.12. The number of hydrogen-bond donors (Lipinski definition) is 2. The van der Waals surface area contributed by atoms with Crippen molar-refractivity contribution in [3.05, 3.63) is 0 Å². The second-order valence-electron chi connectivity index (χ2n) is 4.65. The molecule has 0 amide bonds. The molecule has 1 rings (SSSR count). The zero-order chi connectivity index (χ0) is 9.19. The Kier molecular flexibility index (Phi) is 3.09. The first-order chi connectivity index (χ1) is 5.49. The van der Waals surface area contributed by atoms with Gasteiger partial charge in [0.1, 0.15) is 0 Å². The zero-order valence-corrected chi connectivity index (χ0v) is 8.13. The molecule has 0 aliphatic carbocycles. The van der Waals surface area contributed by atoms with Crippen molar-refractivity contribution >= 4 is 0 Å². The van der Waals surface area contributed by atoms with Crippen LogP contribution in [-0.4, -0.2) is 37.0 Å². The Balaban J connectivity index is 2.23. The van der Waals surface area contributed by atoms with E-state index in [1.807, 2.05) is 0 Å². The van der Waals surface area contributed by atoms with Gasteiger partial charge in [0.2, 0.25) is 0 Å². The fourth-order valence-corrected chi connectivity index (χ4v) is 1.18. The summed E-state index contributed by atoms with van der Waals surface area (Å²) in [5.74, 6) is 0. The number of aliphatic hydroxyl groups excluding tert-OH is 1. The lowest BCUT2D eigenvalue weighted by molar-refractivity contribution is 0.121. The molecule has 0 saturated carbocycles. The van der Waals surface area contributed by atoms with Crippen LogP contribution >= 0.6 is 0 Å². The second-order valence-corrected chi connectivity index (χ2v) is 4.65. The molecule has 1 aliphatic rings. The largest absolute Gasteiger partial charge is 0.389 e. The van der Waals surface area contributed by atoms with Gasteiger partial charge < -0.3 is 15.2 Å². The number of aliphatic hydroxyl groups is 1. The normalized spacial score (nSPS) is 31.0. The molecular formula is C9H19NO2. The van der Waals surface area contributed by atoms with Crippen LogP contribution in [0, 0.1) is 5.41 Å². The monoisotopic (exact) mass is 173 g/mol. The zero-order valence-electron chi connectivity index (χ0n) is 8.13. The average Bonchev–Trinajstić information content (AvgIpc) is 2.29.